The maximum atomic E-state index is 11.4. The van der Waals surface area contributed by atoms with Crippen LogP contribution in [-0.4, -0.2) is 29.4 Å². The third-order valence-corrected chi connectivity index (χ3v) is 3.36. The lowest BCUT2D eigenvalue weighted by atomic mass is 10.3. The third kappa shape index (κ3) is 5.96. The van der Waals surface area contributed by atoms with Crippen LogP contribution in [0.3, 0.4) is 0 Å². The van der Waals surface area contributed by atoms with Gasteiger partial charge in [0.25, 0.3) is 0 Å². The number of amides is 1. The van der Waals surface area contributed by atoms with Gasteiger partial charge in [0.1, 0.15) is 0 Å². The Labute approximate surface area is 111 Å². The molecule has 0 spiro atoms. The summed E-state index contributed by atoms with van der Waals surface area (Å²) in [5.41, 5.74) is 0. The van der Waals surface area contributed by atoms with Gasteiger partial charge in [0.15, 0.2) is 0 Å². The van der Waals surface area contributed by atoms with Gasteiger partial charge in [-0.1, -0.05) is 11.6 Å². The van der Waals surface area contributed by atoms with Crippen molar-refractivity contribution in [2.45, 2.75) is 24.3 Å². The highest BCUT2D eigenvalue weighted by atomic mass is 35.5. The number of nitrogens with one attached hydrogen (secondary N) is 1. The SMILES string of the molecule is C[C@@H](CO)NC(=O)CCSc1ccc(Cl)cc1. The first-order valence-corrected chi connectivity index (χ1v) is 6.76. The van der Waals surface area contributed by atoms with Crippen LogP contribution in [0, 0.1) is 0 Å². The van der Waals surface area contributed by atoms with Gasteiger partial charge in [-0.25, -0.2) is 0 Å². The van der Waals surface area contributed by atoms with E-state index in [0.29, 0.717) is 17.2 Å². The molecule has 2 N–H and O–H groups in total. The van der Waals surface area contributed by atoms with E-state index >= 15 is 0 Å². The Balaban J connectivity index is 2.23. The first kappa shape index (κ1) is 14.4. The molecule has 1 rings (SSSR count). The molecule has 0 fully saturated rings. The Kier molecular flexibility index (Phi) is 6.40. The van der Waals surface area contributed by atoms with Gasteiger partial charge in [-0.15, -0.1) is 11.8 Å². The fourth-order valence-electron chi connectivity index (χ4n) is 1.19. The van der Waals surface area contributed by atoms with E-state index in [4.69, 9.17) is 16.7 Å². The molecular weight excluding hydrogens is 258 g/mol. The lowest BCUT2D eigenvalue weighted by molar-refractivity contribution is -0.121. The van der Waals surface area contributed by atoms with Crippen molar-refractivity contribution in [1.82, 2.24) is 5.32 Å². The fraction of sp³-hybridized carbons (Fsp3) is 0.417. The Morgan fingerprint density at radius 2 is 2.12 bits per heavy atom. The molecular formula is C12H16ClNO2S. The minimum atomic E-state index is -0.178. The molecule has 0 saturated carbocycles. The van der Waals surface area contributed by atoms with Crippen molar-refractivity contribution in [3.8, 4) is 0 Å². The van der Waals surface area contributed by atoms with E-state index in [2.05, 4.69) is 5.32 Å². The molecule has 94 valence electrons. The molecule has 1 aromatic carbocycles. The van der Waals surface area contributed by atoms with Crippen LogP contribution >= 0.6 is 23.4 Å². The van der Waals surface area contributed by atoms with Gasteiger partial charge in [0.05, 0.1) is 6.61 Å². The zero-order chi connectivity index (χ0) is 12.7. The predicted molar refractivity (Wildman–Crippen MR) is 71.5 cm³/mol. The highest BCUT2D eigenvalue weighted by Gasteiger charge is 2.05. The van der Waals surface area contributed by atoms with Crippen LogP contribution in [0.4, 0.5) is 0 Å². The van der Waals surface area contributed by atoms with Gasteiger partial charge < -0.3 is 10.4 Å². The number of aliphatic hydroxyl groups excluding tert-OH is 1. The Hall–Kier alpha value is -0.710. The average Bonchev–Trinajstić information content (AvgIpc) is 2.31. The molecule has 0 aliphatic heterocycles. The summed E-state index contributed by atoms with van der Waals surface area (Å²) in [6.07, 6.45) is 0.442. The molecule has 0 bridgehead atoms. The van der Waals surface area contributed by atoms with E-state index in [1.54, 1.807) is 18.7 Å². The van der Waals surface area contributed by atoms with Crippen LogP contribution in [0.5, 0.6) is 0 Å². The van der Waals surface area contributed by atoms with E-state index < -0.39 is 0 Å². The van der Waals surface area contributed by atoms with E-state index in [9.17, 15) is 4.79 Å². The quantitative estimate of drug-likeness (QED) is 0.782. The minimum Gasteiger partial charge on any atom is -0.394 e. The highest BCUT2D eigenvalue weighted by Crippen LogP contribution is 2.20. The number of carbonyl (C=O) groups excluding carboxylic acids is 1. The van der Waals surface area contributed by atoms with Gasteiger partial charge in [0, 0.05) is 28.1 Å². The van der Waals surface area contributed by atoms with Crippen molar-refractivity contribution in [2.75, 3.05) is 12.4 Å². The van der Waals surface area contributed by atoms with Crippen molar-refractivity contribution in [2.24, 2.45) is 0 Å². The van der Waals surface area contributed by atoms with Crippen molar-refractivity contribution in [3.05, 3.63) is 29.3 Å². The number of hydrogen-bond acceptors (Lipinski definition) is 3. The van der Waals surface area contributed by atoms with Gasteiger partial charge in [-0.3, -0.25) is 4.79 Å². The number of carbonyl (C=O) groups is 1. The van der Waals surface area contributed by atoms with Crippen molar-refractivity contribution < 1.29 is 9.90 Å². The first-order valence-electron chi connectivity index (χ1n) is 5.40. The van der Waals surface area contributed by atoms with E-state index in [-0.39, 0.29) is 18.6 Å². The number of benzene rings is 1. The summed E-state index contributed by atoms with van der Waals surface area (Å²) < 4.78 is 0. The summed E-state index contributed by atoms with van der Waals surface area (Å²) in [4.78, 5) is 12.5. The number of thioether (sulfide) groups is 1. The van der Waals surface area contributed by atoms with Crippen LogP contribution in [-0.2, 0) is 4.79 Å². The van der Waals surface area contributed by atoms with Gasteiger partial charge in [-0.2, -0.15) is 0 Å². The van der Waals surface area contributed by atoms with Crippen LogP contribution in [0.1, 0.15) is 13.3 Å². The van der Waals surface area contributed by atoms with Crippen molar-refractivity contribution in [3.63, 3.8) is 0 Å². The molecule has 0 saturated heterocycles. The highest BCUT2D eigenvalue weighted by molar-refractivity contribution is 7.99. The normalized spacial score (nSPS) is 12.2. The summed E-state index contributed by atoms with van der Waals surface area (Å²) in [5.74, 6) is 0.680. The molecule has 0 unspecified atom stereocenters. The number of hydrogen-bond donors (Lipinski definition) is 2. The molecule has 0 radical (unpaired) electrons. The van der Waals surface area contributed by atoms with Crippen LogP contribution < -0.4 is 5.32 Å². The molecule has 5 heteroatoms. The molecule has 0 aromatic heterocycles. The third-order valence-electron chi connectivity index (χ3n) is 2.09. The molecule has 0 heterocycles. The topological polar surface area (TPSA) is 49.3 Å². The van der Waals surface area contributed by atoms with E-state index in [1.807, 2.05) is 24.3 Å². The van der Waals surface area contributed by atoms with Crippen molar-refractivity contribution in [1.29, 1.82) is 0 Å². The number of halogens is 1. The lowest BCUT2D eigenvalue weighted by Gasteiger charge is -2.10. The van der Waals surface area contributed by atoms with Gasteiger partial charge in [0.2, 0.25) is 5.91 Å². The monoisotopic (exact) mass is 273 g/mol. The second kappa shape index (κ2) is 7.58. The fourth-order valence-corrected chi connectivity index (χ4v) is 2.16. The predicted octanol–water partition coefficient (Wildman–Crippen LogP) is 2.32. The lowest BCUT2D eigenvalue weighted by Crippen LogP contribution is -2.35. The van der Waals surface area contributed by atoms with Gasteiger partial charge in [-0.05, 0) is 31.2 Å². The molecule has 3 nitrogen and oxygen atoms in total. The smallest absolute Gasteiger partial charge is 0.221 e. The minimum absolute atomic E-state index is 0.0317. The molecule has 17 heavy (non-hydrogen) atoms. The van der Waals surface area contributed by atoms with E-state index in [1.165, 1.54) is 0 Å². The second-order valence-electron chi connectivity index (χ2n) is 3.70. The second-order valence-corrected chi connectivity index (χ2v) is 5.31. The largest absolute Gasteiger partial charge is 0.394 e. The summed E-state index contributed by atoms with van der Waals surface area (Å²) in [5, 5.41) is 12.2. The zero-order valence-electron chi connectivity index (χ0n) is 9.65. The summed E-state index contributed by atoms with van der Waals surface area (Å²) in [7, 11) is 0. The van der Waals surface area contributed by atoms with E-state index in [0.717, 1.165) is 4.90 Å². The summed E-state index contributed by atoms with van der Waals surface area (Å²) >= 11 is 7.38. The number of rotatable bonds is 6. The standard InChI is InChI=1S/C12H16ClNO2S/c1-9(8-15)14-12(16)6-7-17-11-4-2-10(13)3-5-11/h2-5,9,15H,6-8H2,1H3,(H,14,16)/t9-/m0/s1. The maximum absolute atomic E-state index is 11.4. The van der Waals surface area contributed by atoms with Crippen molar-refractivity contribution >= 4 is 29.3 Å². The average molecular weight is 274 g/mol. The Bertz CT molecular complexity index is 356. The number of aliphatic hydroxyl groups is 1. The molecule has 0 aliphatic rings. The maximum Gasteiger partial charge on any atom is 0.221 e. The molecule has 1 atom stereocenters. The van der Waals surface area contributed by atoms with Crippen LogP contribution in [0.2, 0.25) is 5.02 Å². The Morgan fingerprint density at radius 3 is 2.71 bits per heavy atom. The molecule has 0 aliphatic carbocycles. The summed E-state index contributed by atoms with van der Waals surface area (Å²) in [6, 6.07) is 7.35. The molecule has 1 amide bonds. The first-order chi connectivity index (χ1) is 8.11. The summed E-state index contributed by atoms with van der Waals surface area (Å²) in [6.45, 7) is 1.74. The zero-order valence-corrected chi connectivity index (χ0v) is 11.2. The Morgan fingerprint density at radius 1 is 1.47 bits per heavy atom. The van der Waals surface area contributed by atoms with Crippen LogP contribution in [0.25, 0.3) is 0 Å². The molecule has 1 aromatic rings. The van der Waals surface area contributed by atoms with Gasteiger partial charge >= 0.3 is 0 Å². The van der Waals surface area contributed by atoms with Crippen LogP contribution in [0.15, 0.2) is 29.2 Å².